The van der Waals surface area contributed by atoms with Gasteiger partial charge >= 0.3 is 0 Å². The Labute approximate surface area is 273 Å². The standard InChI is InChI=1S/C34H53FN8O3/c1-22(2)28(10-9-14-40(8)25(7)16-30(36)44)42-19-34(20-42)13-15-41(18-34)31-32(39-38-21-37-31)46-29-12-11-26(35)17-27(29)33(45)43(23(3)4)24(5)6/h11-12,17,21-25,28H,9-10,13-16,18-20H2,1-8H3,(H2,36,44)/t25-,28-/m1/s1. The lowest BCUT2D eigenvalue weighted by molar-refractivity contribution is -0.119. The molecule has 3 heterocycles. The van der Waals surface area contributed by atoms with Gasteiger partial charge < -0.3 is 25.2 Å². The highest BCUT2D eigenvalue weighted by Crippen LogP contribution is 2.44. The molecule has 46 heavy (non-hydrogen) atoms. The van der Waals surface area contributed by atoms with Gasteiger partial charge in [-0.3, -0.25) is 14.5 Å². The van der Waals surface area contributed by atoms with Gasteiger partial charge in [-0.15, -0.1) is 10.2 Å². The number of hydrogen-bond donors (Lipinski definition) is 1. The summed E-state index contributed by atoms with van der Waals surface area (Å²) < 4.78 is 20.6. The van der Waals surface area contributed by atoms with Gasteiger partial charge in [-0.05, 0) is 91.6 Å². The van der Waals surface area contributed by atoms with Crippen LogP contribution in [0.5, 0.6) is 11.6 Å². The minimum atomic E-state index is -0.513. The minimum absolute atomic E-state index is 0.0752. The van der Waals surface area contributed by atoms with Crippen LogP contribution in [0, 0.1) is 17.2 Å². The Bertz CT molecular complexity index is 1340. The zero-order valence-corrected chi connectivity index (χ0v) is 28.9. The molecule has 2 atom stereocenters. The molecule has 0 aliphatic carbocycles. The molecule has 1 aromatic carbocycles. The molecule has 2 aliphatic rings. The lowest BCUT2D eigenvalue weighted by Gasteiger charge is -2.53. The van der Waals surface area contributed by atoms with E-state index < -0.39 is 5.82 Å². The predicted octanol–water partition coefficient (Wildman–Crippen LogP) is 4.57. The first kappa shape index (κ1) is 35.5. The van der Waals surface area contributed by atoms with E-state index in [1.165, 1.54) is 24.5 Å². The molecule has 2 saturated heterocycles. The summed E-state index contributed by atoms with van der Waals surface area (Å²) in [5.41, 5.74) is 5.69. The molecule has 2 fully saturated rings. The van der Waals surface area contributed by atoms with Gasteiger partial charge in [-0.1, -0.05) is 13.8 Å². The SMILES string of the molecule is CC(C)[C@@H](CCCN(C)[C@H](C)CC(N)=O)N1CC2(CCN(c3ncnnc3Oc3ccc(F)cc3C(=O)N(C(C)C)C(C)C)C2)C1. The number of carbonyl (C=O) groups is 2. The van der Waals surface area contributed by atoms with Crippen molar-refractivity contribution in [3.63, 3.8) is 0 Å². The van der Waals surface area contributed by atoms with Gasteiger partial charge in [0.15, 0.2) is 5.82 Å². The number of amides is 2. The first-order valence-corrected chi connectivity index (χ1v) is 16.7. The third kappa shape index (κ3) is 8.31. The zero-order valence-electron chi connectivity index (χ0n) is 28.9. The number of aromatic nitrogens is 3. The van der Waals surface area contributed by atoms with Crippen molar-refractivity contribution >= 4 is 17.6 Å². The molecule has 1 aromatic heterocycles. The zero-order chi connectivity index (χ0) is 33.8. The molecule has 0 bridgehead atoms. The Balaban J connectivity index is 1.42. The average Bonchev–Trinajstić information content (AvgIpc) is 3.40. The molecule has 4 rings (SSSR count). The fraction of sp³-hybridized carbons (Fsp3) is 0.676. The van der Waals surface area contributed by atoms with Crippen LogP contribution in [0.15, 0.2) is 24.5 Å². The van der Waals surface area contributed by atoms with Crippen LogP contribution < -0.4 is 15.4 Å². The molecule has 0 radical (unpaired) electrons. The summed E-state index contributed by atoms with van der Waals surface area (Å²) in [5, 5.41) is 8.23. The number of halogens is 1. The highest BCUT2D eigenvalue weighted by molar-refractivity contribution is 5.97. The Morgan fingerprint density at radius 1 is 1.09 bits per heavy atom. The molecule has 0 unspecified atom stereocenters. The van der Waals surface area contributed by atoms with E-state index in [9.17, 15) is 14.0 Å². The quantitative estimate of drug-likeness (QED) is 0.298. The number of hydrogen-bond acceptors (Lipinski definition) is 9. The number of benzene rings is 1. The van der Waals surface area contributed by atoms with Crippen LogP contribution >= 0.6 is 0 Å². The number of nitrogens with two attached hydrogens (primary N) is 1. The normalized spacial score (nSPS) is 17.6. The van der Waals surface area contributed by atoms with E-state index in [0.717, 1.165) is 52.0 Å². The molecular formula is C34H53FN8O3. The van der Waals surface area contributed by atoms with Crippen molar-refractivity contribution in [2.45, 2.75) is 98.3 Å². The van der Waals surface area contributed by atoms with Crippen molar-refractivity contribution in [3.05, 3.63) is 35.9 Å². The maximum absolute atomic E-state index is 14.4. The molecule has 2 aromatic rings. The van der Waals surface area contributed by atoms with E-state index in [1.54, 1.807) is 4.90 Å². The van der Waals surface area contributed by atoms with E-state index in [1.807, 2.05) is 34.6 Å². The van der Waals surface area contributed by atoms with Gasteiger partial charge in [0.2, 0.25) is 5.91 Å². The van der Waals surface area contributed by atoms with Crippen LogP contribution in [0.4, 0.5) is 10.2 Å². The van der Waals surface area contributed by atoms with E-state index in [0.29, 0.717) is 24.2 Å². The number of rotatable bonds is 15. The predicted molar refractivity (Wildman–Crippen MR) is 177 cm³/mol. The number of anilines is 1. The van der Waals surface area contributed by atoms with Crippen molar-refractivity contribution in [2.75, 3.05) is 44.7 Å². The highest BCUT2D eigenvalue weighted by atomic mass is 19.1. The summed E-state index contributed by atoms with van der Waals surface area (Å²) in [6.45, 7) is 19.0. The second-order valence-corrected chi connectivity index (χ2v) is 14.3. The van der Waals surface area contributed by atoms with Crippen LogP contribution in [0.1, 0.15) is 84.5 Å². The van der Waals surface area contributed by atoms with Gasteiger partial charge in [0.25, 0.3) is 11.8 Å². The molecule has 2 amide bonds. The average molecular weight is 641 g/mol. The second-order valence-electron chi connectivity index (χ2n) is 14.3. The van der Waals surface area contributed by atoms with Gasteiger partial charge in [0.05, 0.1) is 5.56 Å². The molecule has 2 N–H and O–H groups in total. The fourth-order valence-electron chi connectivity index (χ4n) is 7.19. The largest absolute Gasteiger partial charge is 0.434 e. The molecule has 1 spiro atoms. The van der Waals surface area contributed by atoms with E-state index >= 15 is 0 Å². The maximum atomic E-state index is 14.4. The smallest absolute Gasteiger partial charge is 0.282 e. The van der Waals surface area contributed by atoms with Gasteiger partial charge in [0, 0.05) is 62.2 Å². The Hall–Kier alpha value is -3.38. The van der Waals surface area contributed by atoms with Gasteiger partial charge in [-0.2, -0.15) is 0 Å². The van der Waals surface area contributed by atoms with Crippen molar-refractivity contribution in [3.8, 4) is 11.6 Å². The second kappa shape index (κ2) is 15.0. The number of ether oxygens (including phenoxy) is 1. The summed E-state index contributed by atoms with van der Waals surface area (Å²) >= 11 is 0. The van der Waals surface area contributed by atoms with Crippen molar-refractivity contribution in [1.29, 1.82) is 0 Å². The van der Waals surface area contributed by atoms with Crippen molar-refractivity contribution < 1.29 is 18.7 Å². The fourth-order valence-corrected chi connectivity index (χ4v) is 7.19. The van der Waals surface area contributed by atoms with Gasteiger partial charge in [0.1, 0.15) is 17.9 Å². The summed E-state index contributed by atoms with van der Waals surface area (Å²) in [7, 11) is 2.06. The first-order valence-electron chi connectivity index (χ1n) is 16.7. The number of carbonyl (C=O) groups excluding carboxylic acids is 2. The topological polar surface area (TPSA) is 121 Å². The Kier molecular flexibility index (Phi) is 11.6. The number of likely N-dealkylation sites (tertiary alicyclic amines) is 1. The lowest BCUT2D eigenvalue weighted by atomic mass is 9.76. The Morgan fingerprint density at radius 2 is 1.78 bits per heavy atom. The number of nitrogens with zero attached hydrogens (tertiary/aromatic N) is 7. The molecule has 0 saturated carbocycles. The summed E-state index contributed by atoms with van der Waals surface area (Å²) in [4.78, 5) is 38.2. The van der Waals surface area contributed by atoms with Crippen molar-refractivity contribution in [1.82, 2.24) is 29.9 Å². The van der Waals surface area contributed by atoms with Crippen LogP contribution in [0.3, 0.4) is 0 Å². The molecule has 12 heteroatoms. The van der Waals surface area contributed by atoms with Gasteiger partial charge in [-0.25, -0.2) is 9.37 Å². The van der Waals surface area contributed by atoms with Crippen LogP contribution in [0.2, 0.25) is 0 Å². The van der Waals surface area contributed by atoms with Crippen LogP contribution in [-0.2, 0) is 4.79 Å². The third-order valence-corrected chi connectivity index (χ3v) is 9.61. The van der Waals surface area contributed by atoms with E-state index in [-0.39, 0.29) is 52.5 Å². The van der Waals surface area contributed by atoms with E-state index in [2.05, 4.69) is 50.8 Å². The first-order chi connectivity index (χ1) is 21.7. The van der Waals surface area contributed by atoms with Crippen molar-refractivity contribution in [2.24, 2.45) is 17.1 Å². The van der Waals surface area contributed by atoms with Crippen LogP contribution in [-0.4, -0.2) is 106 Å². The minimum Gasteiger partial charge on any atom is -0.434 e. The van der Waals surface area contributed by atoms with E-state index in [4.69, 9.17) is 10.5 Å². The van der Waals surface area contributed by atoms with Crippen LogP contribution in [0.25, 0.3) is 0 Å². The molecule has 2 aliphatic heterocycles. The molecular weight excluding hydrogens is 587 g/mol. The highest BCUT2D eigenvalue weighted by Gasteiger charge is 2.50. The monoisotopic (exact) mass is 640 g/mol. The summed E-state index contributed by atoms with van der Waals surface area (Å²) in [6, 6.07) is 4.45. The summed E-state index contributed by atoms with van der Waals surface area (Å²) in [6.07, 6.45) is 4.98. The molecule has 11 nitrogen and oxygen atoms in total. The third-order valence-electron chi connectivity index (χ3n) is 9.61. The maximum Gasteiger partial charge on any atom is 0.282 e. The summed E-state index contributed by atoms with van der Waals surface area (Å²) in [5.74, 6) is 0.448. The number of primary amides is 1. The lowest BCUT2D eigenvalue weighted by Crippen LogP contribution is -2.62. The molecule has 254 valence electrons. The Morgan fingerprint density at radius 3 is 2.41 bits per heavy atom.